The number of nitrogens with two attached hydrogens (primary N) is 1. The Kier molecular flexibility index (Phi) is 4.99. The van der Waals surface area contributed by atoms with Crippen molar-refractivity contribution >= 4 is 39.9 Å². The second-order valence-electron chi connectivity index (χ2n) is 8.17. The summed E-state index contributed by atoms with van der Waals surface area (Å²) in [5.41, 5.74) is 9.94. The van der Waals surface area contributed by atoms with Gasteiger partial charge in [-0.1, -0.05) is 58.6 Å². The lowest BCUT2D eigenvalue weighted by Crippen LogP contribution is -2.41. The monoisotopic (exact) mass is 501 g/mol. The van der Waals surface area contributed by atoms with Gasteiger partial charge in [0, 0.05) is 28.0 Å². The molecule has 0 aliphatic rings. The van der Waals surface area contributed by atoms with Gasteiger partial charge in [-0.25, -0.2) is 4.98 Å². The molecular weight excluding hydrogens is 485 g/mol. The van der Waals surface area contributed by atoms with Crippen molar-refractivity contribution in [1.29, 1.82) is 0 Å². The number of aromatic nitrogens is 8. The highest BCUT2D eigenvalue weighted by molar-refractivity contribution is 6.31. The summed E-state index contributed by atoms with van der Waals surface area (Å²) < 4.78 is 3.40. The van der Waals surface area contributed by atoms with Crippen molar-refractivity contribution in [2.45, 2.75) is 5.54 Å². The van der Waals surface area contributed by atoms with E-state index in [2.05, 4.69) is 25.7 Å². The molecular formula is C24H17Cl2N9. The largest absolute Gasteiger partial charge is 0.319 e. The quantitative estimate of drug-likeness (QED) is 0.387. The number of hydrogen-bond acceptors (Lipinski definition) is 7. The molecule has 3 aromatic heterocycles. The van der Waals surface area contributed by atoms with E-state index in [0.717, 1.165) is 27.6 Å². The molecule has 1 atom stereocenters. The van der Waals surface area contributed by atoms with Crippen LogP contribution in [0.5, 0.6) is 0 Å². The van der Waals surface area contributed by atoms with Gasteiger partial charge in [0.2, 0.25) is 0 Å². The first-order valence-corrected chi connectivity index (χ1v) is 11.4. The minimum Gasteiger partial charge on any atom is -0.319 e. The van der Waals surface area contributed by atoms with Crippen molar-refractivity contribution < 1.29 is 0 Å². The van der Waals surface area contributed by atoms with Gasteiger partial charge in [-0.2, -0.15) is 4.52 Å². The Morgan fingerprint density at radius 3 is 2.43 bits per heavy atom. The third-order valence-electron chi connectivity index (χ3n) is 6.06. The maximum absolute atomic E-state index is 7.20. The van der Waals surface area contributed by atoms with Crippen LogP contribution in [0.2, 0.25) is 10.0 Å². The Hall–Kier alpha value is -3.92. The first-order chi connectivity index (χ1) is 16.9. The lowest BCUT2D eigenvalue weighted by molar-refractivity contribution is 0.571. The molecule has 0 aliphatic carbocycles. The van der Waals surface area contributed by atoms with Crippen molar-refractivity contribution in [3.63, 3.8) is 0 Å². The maximum atomic E-state index is 7.20. The molecule has 3 heterocycles. The van der Waals surface area contributed by atoms with Gasteiger partial charge in [0.25, 0.3) is 5.78 Å². The summed E-state index contributed by atoms with van der Waals surface area (Å²) >= 11 is 12.5. The van der Waals surface area contributed by atoms with E-state index in [-0.39, 0.29) is 0 Å². The topological polar surface area (TPSA) is 113 Å². The van der Waals surface area contributed by atoms with Crippen LogP contribution < -0.4 is 5.73 Å². The van der Waals surface area contributed by atoms with Gasteiger partial charge in [0.1, 0.15) is 11.9 Å². The van der Waals surface area contributed by atoms with E-state index in [1.165, 1.54) is 0 Å². The molecule has 2 N–H and O–H groups in total. The zero-order valence-electron chi connectivity index (χ0n) is 18.3. The fraction of sp³-hybridized carbons (Fsp3) is 0.0833. The van der Waals surface area contributed by atoms with E-state index in [1.54, 1.807) is 27.5 Å². The van der Waals surface area contributed by atoms with Crippen LogP contribution in [0.15, 0.2) is 73.1 Å². The molecule has 0 saturated carbocycles. The van der Waals surface area contributed by atoms with Crippen LogP contribution >= 0.6 is 23.2 Å². The summed E-state index contributed by atoms with van der Waals surface area (Å²) in [5, 5.41) is 22.4. The summed E-state index contributed by atoms with van der Waals surface area (Å²) in [5.74, 6) is 0.949. The Morgan fingerprint density at radius 1 is 0.886 bits per heavy atom. The molecule has 11 heteroatoms. The average molecular weight is 502 g/mol. The Bertz CT molecular complexity index is 1710. The molecule has 0 fully saturated rings. The molecule has 6 aromatic rings. The molecule has 0 radical (unpaired) electrons. The van der Waals surface area contributed by atoms with Crippen LogP contribution in [-0.4, -0.2) is 39.8 Å². The van der Waals surface area contributed by atoms with Crippen LogP contribution in [0.4, 0.5) is 0 Å². The first kappa shape index (κ1) is 21.6. The fourth-order valence-corrected chi connectivity index (χ4v) is 4.67. The minimum absolute atomic E-state index is 0.380. The standard InChI is InChI=1S/C24H17Cl2N9/c1-34-13-28-30-22(34)24(27,15-5-8-17(25)9-6-15)16-7-10-20-19(12-16)21(14-3-2-4-18(26)11-14)29-23-31-32-33-35(20)23/h2-13H,27H2,1H3. The molecule has 9 nitrogen and oxygen atoms in total. The number of benzene rings is 3. The van der Waals surface area contributed by atoms with Crippen molar-refractivity contribution in [3.8, 4) is 11.3 Å². The van der Waals surface area contributed by atoms with Crippen LogP contribution in [0, 0.1) is 0 Å². The van der Waals surface area contributed by atoms with Crippen LogP contribution in [0.1, 0.15) is 17.0 Å². The molecule has 172 valence electrons. The molecule has 3 aromatic carbocycles. The Balaban J connectivity index is 1.68. The zero-order chi connectivity index (χ0) is 24.2. The van der Waals surface area contributed by atoms with E-state index in [4.69, 9.17) is 33.9 Å². The lowest BCUT2D eigenvalue weighted by Gasteiger charge is -2.30. The number of fused-ring (bicyclic) bond motifs is 3. The van der Waals surface area contributed by atoms with Crippen LogP contribution in [0.25, 0.3) is 27.9 Å². The van der Waals surface area contributed by atoms with Gasteiger partial charge in [0.05, 0.1) is 11.2 Å². The summed E-state index contributed by atoms with van der Waals surface area (Å²) in [6.07, 6.45) is 1.62. The average Bonchev–Trinajstić information content (AvgIpc) is 3.52. The zero-order valence-corrected chi connectivity index (χ0v) is 19.9. The second-order valence-corrected chi connectivity index (χ2v) is 9.05. The van der Waals surface area contributed by atoms with E-state index in [0.29, 0.717) is 27.3 Å². The van der Waals surface area contributed by atoms with Crippen LogP contribution in [0.3, 0.4) is 0 Å². The highest BCUT2D eigenvalue weighted by atomic mass is 35.5. The smallest absolute Gasteiger partial charge is 0.274 e. The van der Waals surface area contributed by atoms with Gasteiger partial charge < -0.3 is 10.3 Å². The Morgan fingerprint density at radius 2 is 1.69 bits per heavy atom. The van der Waals surface area contributed by atoms with Gasteiger partial charge >= 0.3 is 0 Å². The van der Waals surface area contributed by atoms with Gasteiger partial charge in [0.15, 0.2) is 5.82 Å². The number of hydrogen-bond donors (Lipinski definition) is 1. The van der Waals surface area contributed by atoms with Crippen LogP contribution in [-0.2, 0) is 12.6 Å². The number of nitrogens with zero attached hydrogens (tertiary/aromatic N) is 8. The van der Waals surface area contributed by atoms with Crippen molar-refractivity contribution in [2.75, 3.05) is 0 Å². The van der Waals surface area contributed by atoms with E-state index in [9.17, 15) is 0 Å². The summed E-state index contributed by atoms with van der Waals surface area (Å²) in [7, 11) is 1.86. The lowest BCUT2D eigenvalue weighted by atomic mass is 9.82. The molecule has 0 bridgehead atoms. The Labute approximate surface area is 209 Å². The number of rotatable bonds is 4. The molecule has 0 saturated heterocycles. The predicted molar refractivity (Wildman–Crippen MR) is 133 cm³/mol. The second kappa shape index (κ2) is 8.09. The summed E-state index contributed by atoms with van der Waals surface area (Å²) in [6, 6.07) is 20.7. The highest BCUT2D eigenvalue weighted by Gasteiger charge is 2.37. The highest BCUT2D eigenvalue weighted by Crippen LogP contribution is 2.37. The van der Waals surface area contributed by atoms with Gasteiger partial charge in [-0.3, -0.25) is 0 Å². The normalized spacial score (nSPS) is 13.4. The van der Waals surface area contributed by atoms with Gasteiger partial charge in [-0.05, 0) is 58.0 Å². The van der Waals surface area contributed by atoms with Crippen molar-refractivity contribution in [2.24, 2.45) is 12.8 Å². The minimum atomic E-state index is -1.13. The summed E-state index contributed by atoms with van der Waals surface area (Å²) in [6.45, 7) is 0. The van der Waals surface area contributed by atoms with E-state index in [1.807, 2.05) is 61.6 Å². The van der Waals surface area contributed by atoms with Crippen molar-refractivity contribution in [3.05, 3.63) is 100 Å². The number of aryl methyl sites for hydroxylation is 1. The van der Waals surface area contributed by atoms with E-state index < -0.39 is 5.54 Å². The fourth-order valence-electron chi connectivity index (χ4n) is 4.36. The summed E-state index contributed by atoms with van der Waals surface area (Å²) in [4.78, 5) is 4.74. The molecule has 35 heavy (non-hydrogen) atoms. The molecule has 0 spiro atoms. The first-order valence-electron chi connectivity index (χ1n) is 10.6. The molecule has 0 aliphatic heterocycles. The molecule has 6 rings (SSSR count). The number of halogens is 2. The van der Waals surface area contributed by atoms with E-state index >= 15 is 0 Å². The van der Waals surface area contributed by atoms with Gasteiger partial charge in [-0.15, -0.1) is 10.2 Å². The SMILES string of the molecule is Cn1cnnc1C(N)(c1ccc(Cl)cc1)c1ccc2c(c1)c(-c1cccc(Cl)c1)nc1nnnn12. The molecule has 0 amide bonds. The third kappa shape index (κ3) is 3.44. The number of tetrazole rings is 1. The third-order valence-corrected chi connectivity index (χ3v) is 6.55. The predicted octanol–water partition coefficient (Wildman–Crippen LogP) is 4.03. The van der Waals surface area contributed by atoms with Crippen molar-refractivity contribution in [1.82, 2.24) is 39.8 Å². The molecule has 1 unspecified atom stereocenters. The maximum Gasteiger partial charge on any atom is 0.274 e.